The van der Waals surface area contributed by atoms with Gasteiger partial charge in [-0.1, -0.05) is 31.5 Å². The Balaban J connectivity index is 2.30. The number of aromatic nitrogens is 2. The van der Waals surface area contributed by atoms with Gasteiger partial charge in [-0.3, -0.25) is 0 Å². The molecule has 2 rings (SSSR count). The van der Waals surface area contributed by atoms with Gasteiger partial charge >= 0.3 is 0 Å². The zero-order valence-electron chi connectivity index (χ0n) is 9.43. The van der Waals surface area contributed by atoms with E-state index in [1.54, 1.807) is 6.20 Å². The minimum atomic E-state index is -0.280. The van der Waals surface area contributed by atoms with Crippen molar-refractivity contribution in [3.8, 4) is 0 Å². The molecular formula is C13H16N2O. The number of benzene rings is 1. The third kappa shape index (κ3) is 2.36. The third-order valence-electron chi connectivity index (χ3n) is 2.71. The Kier molecular flexibility index (Phi) is 3.47. The fraction of sp³-hybridized carbons (Fsp3) is 0.385. The maximum absolute atomic E-state index is 9.81. The van der Waals surface area contributed by atoms with Crippen molar-refractivity contribution in [1.82, 2.24) is 10.2 Å². The van der Waals surface area contributed by atoms with Gasteiger partial charge in [0, 0.05) is 11.8 Å². The lowest BCUT2D eigenvalue weighted by Crippen LogP contribution is -2.10. The fourth-order valence-electron chi connectivity index (χ4n) is 1.91. The summed E-state index contributed by atoms with van der Waals surface area (Å²) in [6.45, 7) is 2.08. The molecule has 1 aromatic carbocycles. The number of hydrogen-bond acceptors (Lipinski definition) is 3. The Labute approximate surface area is 95.1 Å². The lowest BCUT2D eigenvalue weighted by atomic mass is 10.0. The van der Waals surface area contributed by atoms with Crippen LogP contribution in [0.1, 0.15) is 25.3 Å². The van der Waals surface area contributed by atoms with Crippen molar-refractivity contribution in [2.24, 2.45) is 0 Å². The summed E-state index contributed by atoms with van der Waals surface area (Å²) >= 11 is 0. The van der Waals surface area contributed by atoms with Crippen LogP contribution in [0.5, 0.6) is 0 Å². The molecule has 0 bridgehead atoms. The summed E-state index contributed by atoms with van der Waals surface area (Å²) in [5.41, 5.74) is 1.97. The molecule has 3 heteroatoms. The van der Waals surface area contributed by atoms with E-state index in [1.165, 1.54) is 0 Å². The van der Waals surface area contributed by atoms with Gasteiger partial charge in [-0.2, -0.15) is 10.2 Å². The Morgan fingerprint density at radius 3 is 2.94 bits per heavy atom. The first-order chi connectivity index (χ1) is 7.81. The fourth-order valence-corrected chi connectivity index (χ4v) is 1.91. The van der Waals surface area contributed by atoms with Crippen molar-refractivity contribution in [2.45, 2.75) is 32.3 Å². The summed E-state index contributed by atoms with van der Waals surface area (Å²) in [7, 11) is 0. The molecule has 84 valence electrons. The van der Waals surface area contributed by atoms with Crippen LogP contribution >= 0.6 is 0 Å². The van der Waals surface area contributed by atoms with Crippen molar-refractivity contribution in [3.05, 3.63) is 36.0 Å². The molecule has 1 N–H and O–H groups in total. The highest BCUT2D eigenvalue weighted by molar-refractivity contribution is 5.81. The molecule has 0 saturated heterocycles. The van der Waals surface area contributed by atoms with Crippen molar-refractivity contribution in [3.63, 3.8) is 0 Å². The molecular weight excluding hydrogens is 200 g/mol. The van der Waals surface area contributed by atoms with Crippen LogP contribution in [0.25, 0.3) is 10.9 Å². The average Bonchev–Trinajstić information content (AvgIpc) is 2.30. The van der Waals surface area contributed by atoms with Gasteiger partial charge in [-0.25, -0.2) is 0 Å². The molecule has 0 radical (unpaired) electrons. The molecule has 0 amide bonds. The number of aliphatic hydroxyl groups is 1. The van der Waals surface area contributed by atoms with E-state index in [9.17, 15) is 5.11 Å². The molecule has 3 nitrogen and oxygen atoms in total. The highest BCUT2D eigenvalue weighted by Gasteiger charge is 2.08. The van der Waals surface area contributed by atoms with Crippen LogP contribution in [0, 0.1) is 0 Å². The molecule has 0 spiro atoms. The molecule has 0 aliphatic carbocycles. The Hall–Kier alpha value is -1.48. The van der Waals surface area contributed by atoms with E-state index in [-0.39, 0.29) is 6.10 Å². The van der Waals surface area contributed by atoms with Gasteiger partial charge in [0.2, 0.25) is 0 Å². The molecule has 0 aliphatic heterocycles. The van der Waals surface area contributed by atoms with Crippen molar-refractivity contribution < 1.29 is 5.11 Å². The van der Waals surface area contributed by atoms with Crippen LogP contribution in [0.4, 0.5) is 0 Å². The summed E-state index contributed by atoms with van der Waals surface area (Å²) in [4.78, 5) is 0. The second kappa shape index (κ2) is 5.03. The number of nitrogens with zero attached hydrogens (tertiary/aromatic N) is 2. The van der Waals surface area contributed by atoms with E-state index in [4.69, 9.17) is 0 Å². The van der Waals surface area contributed by atoms with Crippen LogP contribution in [0.3, 0.4) is 0 Å². The van der Waals surface area contributed by atoms with Gasteiger partial charge in [-0.05, 0) is 18.1 Å². The number of rotatable bonds is 4. The van der Waals surface area contributed by atoms with Crippen LogP contribution in [0.15, 0.2) is 30.5 Å². The number of hydrogen-bond donors (Lipinski definition) is 1. The zero-order chi connectivity index (χ0) is 11.4. The SMILES string of the molecule is CCCC(O)Cc1cnnc2ccccc12. The summed E-state index contributed by atoms with van der Waals surface area (Å²) in [5, 5.41) is 18.9. The van der Waals surface area contributed by atoms with E-state index in [1.807, 2.05) is 24.3 Å². The third-order valence-corrected chi connectivity index (χ3v) is 2.71. The zero-order valence-corrected chi connectivity index (χ0v) is 9.43. The van der Waals surface area contributed by atoms with E-state index >= 15 is 0 Å². The molecule has 1 unspecified atom stereocenters. The first kappa shape index (κ1) is 11.0. The van der Waals surface area contributed by atoms with Crippen LogP contribution < -0.4 is 0 Å². The van der Waals surface area contributed by atoms with Gasteiger partial charge in [0.1, 0.15) is 0 Å². The van der Waals surface area contributed by atoms with Crippen LogP contribution in [-0.4, -0.2) is 21.4 Å². The van der Waals surface area contributed by atoms with Crippen LogP contribution in [0.2, 0.25) is 0 Å². The normalized spacial score (nSPS) is 12.9. The minimum Gasteiger partial charge on any atom is -0.393 e. The predicted octanol–water partition coefficient (Wildman–Crippen LogP) is 2.33. The van der Waals surface area contributed by atoms with E-state index in [2.05, 4.69) is 17.1 Å². The quantitative estimate of drug-likeness (QED) is 0.853. The van der Waals surface area contributed by atoms with Gasteiger partial charge in [0.25, 0.3) is 0 Å². The second-order valence-electron chi connectivity index (χ2n) is 4.03. The smallest absolute Gasteiger partial charge is 0.0932 e. The number of fused-ring (bicyclic) bond motifs is 1. The Morgan fingerprint density at radius 2 is 2.12 bits per heavy atom. The van der Waals surface area contributed by atoms with Crippen molar-refractivity contribution >= 4 is 10.9 Å². The number of aliphatic hydroxyl groups excluding tert-OH is 1. The lowest BCUT2D eigenvalue weighted by Gasteiger charge is -2.10. The van der Waals surface area contributed by atoms with Crippen LogP contribution in [-0.2, 0) is 6.42 Å². The molecule has 1 heterocycles. The van der Waals surface area contributed by atoms with Crippen molar-refractivity contribution in [2.75, 3.05) is 0 Å². The molecule has 1 atom stereocenters. The second-order valence-corrected chi connectivity index (χ2v) is 4.03. The Morgan fingerprint density at radius 1 is 1.31 bits per heavy atom. The minimum absolute atomic E-state index is 0.280. The first-order valence-corrected chi connectivity index (χ1v) is 5.68. The van der Waals surface area contributed by atoms with Gasteiger partial charge in [0.15, 0.2) is 0 Å². The van der Waals surface area contributed by atoms with Crippen molar-refractivity contribution in [1.29, 1.82) is 0 Å². The van der Waals surface area contributed by atoms with Gasteiger partial charge in [0.05, 0.1) is 17.8 Å². The molecule has 16 heavy (non-hydrogen) atoms. The highest BCUT2D eigenvalue weighted by Crippen LogP contribution is 2.17. The average molecular weight is 216 g/mol. The standard InChI is InChI=1S/C13H16N2O/c1-2-5-11(16)8-10-9-14-15-13-7-4-3-6-12(10)13/h3-4,6-7,9,11,16H,2,5,8H2,1H3. The largest absolute Gasteiger partial charge is 0.393 e. The first-order valence-electron chi connectivity index (χ1n) is 5.68. The maximum Gasteiger partial charge on any atom is 0.0932 e. The molecule has 2 aromatic rings. The summed E-state index contributed by atoms with van der Waals surface area (Å²) < 4.78 is 0. The summed E-state index contributed by atoms with van der Waals surface area (Å²) in [6.07, 6.45) is 3.96. The predicted molar refractivity (Wildman–Crippen MR) is 64.2 cm³/mol. The molecule has 0 fully saturated rings. The molecule has 0 saturated carbocycles. The summed E-state index contributed by atoms with van der Waals surface area (Å²) in [5.74, 6) is 0. The van der Waals surface area contributed by atoms with E-state index in [0.29, 0.717) is 6.42 Å². The lowest BCUT2D eigenvalue weighted by molar-refractivity contribution is 0.164. The Bertz CT molecular complexity index is 465. The monoisotopic (exact) mass is 216 g/mol. The summed E-state index contributed by atoms with van der Waals surface area (Å²) in [6, 6.07) is 7.90. The van der Waals surface area contributed by atoms with Gasteiger partial charge < -0.3 is 5.11 Å². The topological polar surface area (TPSA) is 46.0 Å². The maximum atomic E-state index is 9.81. The van der Waals surface area contributed by atoms with E-state index in [0.717, 1.165) is 29.3 Å². The van der Waals surface area contributed by atoms with Gasteiger partial charge in [-0.15, -0.1) is 0 Å². The highest BCUT2D eigenvalue weighted by atomic mass is 16.3. The van der Waals surface area contributed by atoms with E-state index < -0.39 is 0 Å². The molecule has 0 aliphatic rings. The molecule has 1 aromatic heterocycles.